The van der Waals surface area contributed by atoms with Crippen molar-refractivity contribution in [2.75, 3.05) is 12.4 Å². The number of thioether (sulfide) groups is 1. The van der Waals surface area contributed by atoms with Gasteiger partial charge in [0.25, 0.3) is 5.56 Å². The molecule has 2 aromatic heterocycles. The summed E-state index contributed by atoms with van der Waals surface area (Å²) >= 11 is 2.92. The van der Waals surface area contributed by atoms with Gasteiger partial charge in [-0.3, -0.25) is 14.2 Å². The van der Waals surface area contributed by atoms with Gasteiger partial charge in [-0.05, 0) is 44.6 Å². The van der Waals surface area contributed by atoms with Crippen molar-refractivity contribution in [3.05, 3.63) is 20.8 Å². The van der Waals surface area contributed by atoms with Gasteiger partial charge in [0, 0.05) is 17.5 Å². The normalized spacial score (nSPS) is 19.7. The van der Waals surface area contributed by atoms with Crippen LogP contribution in [0.3, 0.4) is 0 Å². The third kappa shape index (κ3) is 4.07. The van der Waals surface area contributed by atoms with Gasteiger partial charge in [-0.15, -0.1) is 11.3 Å². The lowest BCUT2D eigenvalue weighted by atomic mass is 10.1. The Labute approximate surface area is 166 Å². The average Bonchev–Trinajstić information content (AvgIpc) is 3.17. The molecule has 146 valence electrons. The summed E-state index contributed by atoms with van der Waals surface area (Å²) in [5, 5.41) is 4.36. The number of aromatic nitrogens is 2. The van der Waals surface area contributed by atoms with Gasteiger partial charge in [0.15, 0.2) is 5.16 Å². The lowest BCUT2D eigenvalue weighted by Crippen LogP contribution is -2.30. The average molecular weight is 408 g/mol. The molecule has 1 saturated heterocycles. The van der Waals surface area contributed by atoms with E-state index in [2.05, 4.69) is 12.2 Å². The molecule has 1 aliphatic heterocycles. The van der Waals surface area contributed by atoms with Gasteiger partial charge < -0.3 is 10.1 Å². The van der Waals surface area contributed by atoms with E-state index in [4.69, 9.17) is 9.72 Å². The summed E-state index contributed by atoms with van der Waals surface area (Å²) in [6.45, 7) is 5.37. The monoisotopic (exact) mass is 407 g/mol. The van der Waals surface area contributed by atoms with Crippen LogP contribution in [0.15, 0.2) is 9.95 Å². The molecule has 4 rings (SSSR count). The Balaban J connectivity index is 1.67. The van der Waals surface area contributed by atoms with E-state index in [1.165, 1.54) is 11.8 Å². The number of ether oxygens (including phenoxy) is 1. The molecule has 0 unspecified atom stereocenters. The third-order valence-corrected chi connectivity index (χ3v) is 7.13. The molecule has 1 N–H and O–H groups in total. The number of fused-ring (bicyclic) bond motifs is 1. The van der Waals surface area contributed by atoms with Crippen LogP contribution in [0, 0.1) is 6.92 Å². The summed E-state index contributed by atoms with van der Waals surface area (Å²) < 4.78 is 7.49. The number of rotatable bonds is 7. The second-order valence-electron chi connectivity index (χ2n) is 7.25. The second kappa shape index (κ2) is 7.93. The first-order valence-corrected chi connectivity index (χ1v) is 11.4. The van der Waals surface area contributed by atoms with Gasteiger partial charge >= 0.3 is 0 Å². The van der Waals surface area contributed by atoms with Crippen molar-refractivity contribution in [1.82, 2.24) is 14.9 Å². The molecule has 0 bridgehead atoms. The van der Waals surface area contributed by atoms with Gasteiger partial charge in [0.05, 0.1) is 23.8 Å². The molecule has 2 aromatic rings. The van der Waals surface area contributed by atoms with Gasteiger partial charge in [-0.1, -0.05) is 18.7 Å². The van der Waals surface area contributed by atoms with Crippen LogP contribution in [-0.2, 0) is 22.5 Å². The van der Waals surface area contributed by atoms with Gasteiger partial charge in [-0.25, -0.2) is 4.98 Å². The number of hydrogen-bond donors (Lipinski definition) is 1. The molecule has 8 heteroatoms. The zero-order valence-corrected chi connectivity index (χ0v) is 17.4. The fourth-order valence-electron chi connectivity index (χ4n) is 3.55. The van der Waals surface area contributed by atoms with Crippen LogP contribution >= 0.6 is 23.1 Å². The molecule has 3 heterocycles. The topological polar surface area (TPSA) is 73.2 Å². The van der Waals surface area contributed by atoms with E-state index < -0.39 is 0 Å². The Morgan fingerprint density at radius 2 is 2.22 bits per heavy atom. The number of nitrogens with zero attached hydrogens (tertiary/aromatic N) is 2. The van der Waals surface area contributed by atoms with E-state index in [1.54, 1.807) is 15.9 Å². The second-order valence-corrected chi connectivity index (χ2v) is 9.39. The zero-order valence-electron chi connectivity index (χ0n) is 15.7. The van der Waals surface area contributed by atoms with E-state index in [-0.39, 0.29) is 23.3 Å². The first-order valence-electron chi connectivity index (χ1n) is 9.63. The first kappa shape index (κ1) is 19.0. The molecular formula is C19H25N3O3S2. The number of carbonyl (C=O) groups excluding carboxylic acids is 1. The highest BCUT2D eigenvalue weighted by Gasteiger charge is 2.25. The van der Waals surface area contributed by atoms with E-state index in [9.17, 15) is 9.59 Å². The van der Waals surface area contributed by atoms with Crippen LogP contribution in [0.25, 0.3) is 10.2 Å². The van der Waals surface area contributed by atoms with E-state index in [0.717, 1.165) is 59.4 Å². The maximum Gasteiger partial charge on any atom is 0.263 e. The highest BCUT2D eigenvalue weighted by molar-refractivity contribution is 7.99. The summed E-state index contributed by atoms with van der Waals surface area (Å²) in [7, 11) is 0. The minimum atomic E-state index is 0.00167. The Morgan fingerprint density at radius 1 is 1.41 bits per heavy atom. The first-order chi connectivity index (χ1) is 13.1. The Hall–Kier alpha value is -1.38. The van der Waals surface area contributed by atoms with Gasteiger partial charge in [0.2, 0.25) is 5.91 Å². The molecule has 0 aromatic carbocycles. The van der Waals surface area contributed by atoms with Crippen LogP contribution in [-0.4, -0.2) is 40.0 Å². The molecule has 2 fully saturated rings. The quantitative estimate of drug-likeness (QED) is 0.564. The summed E-state index contributed by atoms with van der Waals surface area (Å²) in [6.07, 6.45) is 4.99. The van der Waals surface area contributed by atoms with Crippen molar-refractivity contribution in [3.8, 4) is 0 Å². The standard InChI is InChI=1S/C19H25N3O3S2/c1-3-14-11(2)27-17-16(14)18(24)22(9-13-5-4-8-25-13)19(21-17)26-10-15(23)20-12-6-7-12/h12-13H,3-10H2,1-2H3,(H,20,23)/t13-/m0/s1. The van der Waals surface area contributed by atoms with Crippen LogP contribution in [0.2, 0.25) is 0 Å². The Kier molecular flexibility index (Phi) is 5.57. The molecule has 0 radical (unpaired) electrons. The molecule has 27 heavy (non-hydrogen) atoms. The molecule has 1 amide bonds. The largest absolute Gasteiger partial charge is 0.376 e. The van der Waals surface area contributed by atoms with Crippen LogP contribution in [0.5, 0.6) is 0 Å². The van der Waals surface area contributed by atoms with Crippen LogP contribution in [0.1, 0.15) is 43.0 Å². The highest BCUT2D eigenvalue weighted by atomic mass is 32.2. The van der Waals surface area contributed by atoms with Crippen LogP contribution < -0.4 is 10.9 Å². The van der Waals surface area contributed by atoms with E-state index in [0.29, 0.717) is 17.7 Å². The molecule has 1 atom stereocenters. The summed E-state index contributed by atoms with van der Waals surface area (Å²) in [5.41, 5.74) is 1.10. The predicted molar refractivity (Wildman–Crippen MR) is 109 cm³/mol. The smallest absolute Gasteiger partial charge is 0.263 e. The van der Waals surface area contributed by atoms with Crippen molar-refractivity contribution in [2.45, 2.75) is 69.8 Å². The maximum absolute atomic E-state index is 13.3. The Bertz CT molecular complexity index is 911. The van der Waals surface area contributed by atoms with Crippen molar-refractivity contribution in [1.29, 1.82) is 0 Å². The number of carbonyl (C=O) groups is 1. The number of thiophene rings is 1. The lowest BCUT2D eigenvalue weighted by Gasteiger charge is -2.16. The van der Waals surface area contributed by atoms with Gasteiger partial charge in [-0.2, -0.15) is 0 Å². The van der Waals surface area contributed by atoms with E-state index >= 15 is 0 Å². The van der Waals surface area contributed by atoms with Crippen molar-refractivity contribution >= 4 is 39.2 Å². The fraction of sp³-hybridized carbons (Fsp3) is 0.632. The molecular weight excluding hydrogens is 382 g/mol. The molecule has 0 spiro atoms. The van der Waals surface area contributed by atoms with Crippen molar-refractivity contribution in [3.63, 3.8) is 0 Å². The summed E-state index contributed by atoms with van der Waals surface area (Å²) in [4.78, 5) is 32.1. The summed E-state index contributed by atoms with van der Waals surface area (Å²) in [6, 6.07) is 0.342. The fourth-order valence-corrected chi connectivity index (χ4v) is 5.52. The number of amides is 1. The SMILES string of the molecule is CCc1c(C)sc2nc(SCC(=O)NC3CC3)n(C[C@@H]3CCCO3)c(=O)c12. The minimum Gasteiger partial charge on any atom is -0.376 e. The minimum absolute atomic E-state index is 0.00167. The van der Waals surface area contributed by atoms with Gasteiger partial charge in [0.1, 0.15) is 4.83 Å². The maximum atomic E-state index is 13.3. The van der Waals surface area contributed by atoms with Crippen molar-refractivity contribution < 1.29 is 9.53 Å². The third-order valence-electron chi connectivity index (χ3n) is 5.12. The van der Waals surface area contributed by atoms with Crippen molar-refractivity contribution in [2.24, 2.45) is 0 Å². The number of nitrogens with one attached hydrogen (secondary N) is 1. The Morgan fingerprint density at radius 3 is 2.89 bits per heavy atom. The highest BCUT2D eigenvalue weighted by Crippen LogP contribution is 2.30. The molecule has 1 saturated carbocycles. The molecule has 2 aliphatic rings. The number of aryl methyl sites for hydroxylation is 2. The lowest BCUT2D eigenvalue weighted by molar-refractivity contribution is -0.118. The molecule has 6 nitrogen and oxygen atoms in total. The number of hydrogen-bond acceptors (Lipinski definition) is 6. The zero-order chi connectivity index (χ0) is 19.0. The summed E-state index contributed by atoms with van der Waals surface area (Å²) in [5.74, 6) is 0.294. The molecule has 1 aliphatic carbocycles. The predicted octanol–water partition coefficient (Wildman–Crippen LogP) is 2.88. The van der Waals surface area contributed by atoms with Crippen LogP contribution in [0.4, 0.5) is 0 Å². The van der Waals surface area contributed by atoms with E-state index in [1.807, 2.05) is 6.92 Å².